The number of nitrogens with one attached hydrogen (secondary N) is 1. The maximum atomic E-state index is 13.1. The summed E-state index contributed by atoms with van der Waals surface area (Å²) in [6, 6.07) is 9.89. The van der Waals surface area contributed by atoms with Crippen LogP contribution in [0.4, 0.5) is 9.18 Å². The van der Waals surface area contributed by atoms with Gasteiger partial charge in [0.05, 0.1) is 6.61 Å². The molecule has 0 unspecified atom stereocenters. The Bertz CT molecular complexity index is 688. The fourth-order valence-electron chi connectivity index (χ4n) is 3.03. The van der Waals surface area contributed by atoms with Crippen molar-refractivity contribution in [2.75, 3.05) is 19.8 Å². The monoisotopic (exact) mass is 357 g/mol. The van der Waals surface area contributed by atoms with E-state index in [2.05, 4.69) is 10.3 Å². The summed E-state index contributed by atoms with van der Waals surface area (Å²) in [7, 11) is 0. The van der Waals surface area contributed by atoms with Crippen LogP contribution in [0.5, 0.6) is 0 Å². The summed E-state index contributed by atoms with van der Waals surface area (Å²) in [4.78, 5) is 18.5. The van der Waals surface area contributed by atoms with Crippen molar-refractivity contribution in [3.8, 4) is 0 Å². The van der Waals surface area contributed by atoms with Crippen molar-refractivity contribution in [3.05, 3.63) is 65.7 Å². The predicted molar refractivity (Wildman–Crippen MR) is 96.8 cm³/mol. The Hall–Kier alpha value is -2.47. The van der Waals surface area contributed by atoms with E-state index in [-0.39, 0.29) is 11.8 Å². The van der Waals surface area contributed by atoms with Gasteiger partial charge in [0.15, 0.2) is 0 Å². The van der Waals surface area contributed by atoms with E-state index < -0.39 is 0 Å². The quantitative estimate of drug-likeness (QED) is 0.862. The summed E-state index contributed by atoms with van der Waals surface area (Å²) in [5.41, 5.74) is 1.88. The zero-order valence-electron chi connectivity index (χ0n) is 14.7. The van der Waals surface area contributed by atoms with Gasteiger partial charge in [0.1, 0.15) is 5.82 Å². The van der Waals surface area contributed by atoms with Gasteiger partial charge in [0.25, 0.3) is 0 Å². The van der Waals surface area contributed by atoms with Gasteiger partial charge in [-0.05, 0) is 54.2 Å². The molecule has 1 saturated heterocycles. The summed E-state index contributed by atoms with van der Waals surface area (Å²) in [5, 5.41) is 3.02. The molecule has 2 aromatic rings. The molecule has 2 amide bonds. The molecule has 6 heteroatoms. The molecule has 26 heavy (non-hydrogen) atoms. The van der Waals surface area contributed by atoms with Crippen molar-refractivity contribution in [3.63, 3.8) is 0 Å². The van der Waals surface area contributed by atoms with Crippen molar-refractivity contribution in [1.82, 2.24) is 15.2 Å². The Morgan fingerprint density at radius 2 is 1.85 bits per heavy atom. The summed E-state index contributed by atoms with van der Waals surface area (Å²) < 4.78 is 18.6. The maximum Gasteiger partial charge on any atom is 0.318 e. The number of hydrogen-bond acceptors (Lipinski definition) is 3. The Labute approximate surface area is 153 Å². The van der Waals surface area contributed by atoms with Crippen molar-refractivity contribution in [2.24, 2.45) is 5.92 Å². The van der Waals surface area contributed by atoms with E-state index in [9.17, 15) is 9.18 Å². The van der Waals surface area contributed by atoms with Crippen molar-refractivity contribution < 1.29 is 13.9 Å². The number of rotatable bonds is 6. The number of nitrogens with zero attached hydrogens (tertiary/aromatic N) is 2. The molecule has 0 aliphatic carbocycles. The van der Waals surface area contributed by atoms with Gasteiger partial charge in [0, 0.05) is 38.6 Å². The lowest BCUT2D eigenvalue weighted by Gasteiger charge is -2.26. The molecule has 0 bridgehead atoms. The Morgan fingerprint density at radius 3 is 2.50 bits per heavy atom. The van der Waals surface area contributed by atoms with E-state index in [4.69, 9.17) is 4.74 Å². The zero-order chi connectivity index (χ0) is 18.2. The minimum Gasteiger partial charge on any atom is -0.381 e. The molecule has 1 fully saturated rings. The fraction of sp³-hybridized carbons (Fsp3) is 0.400. The molecule has 1 aliphatic rings. The number of ether oxygens (including phenoxy) is 1. The smallest absolute Gasteiger partial charge is 0.318 e. The first-order chi connectivity index (χ1) is 12.7. The number of carbonyl (C=O) groups excluding carboxylic acids is 1. The molecule has 5 nitrogen and oxygen atoms in total. The molecule has 0 radical (unpaired) electrons. The minimum atomic E-state index is -0.281. The first-order valence-corrected chi connectivity index (χ1v) is 8.94. The van der Waals surface area contributed by atoms with E-state index in [0.29, 0.717) is 32.2 Å². The highest BCUT2D eigenvalue weighted by molar-refractivity contribution is 5.74. The van der Waals surface area contributed by atoms with Crippen LogP contribution in [-0.2, 0) is 17.8 Å². The molecule has 0 saturated carbocycles. The largest absolute Gasteiger partial charge is 0.381 e. The van der Waals surface area contributed by atoms with Crippen LogP contribution >= 0.6 is 0 Å². The second-order valence-corrected chi connectivity index (χ2v) is 6.61. The van der Waals surface area contributed by atoms with Crippen LogP contribution in [0.25, 0.3) is 0 Å². The molecule has 3 rings (SSSR count). The minimum absolute atomic E-state index is 0.128. The maximum absolute atomic E-state index is 13.1. The molecule has 1 aromatic carbocycles. The summed E-state index contributed by atoms with van der Waals surface area (Å²) >= 11 is 0. The van der Waals surface area contributed by atoms with Crippen LogP contribution < -0.4 is 5.32 Å². The van der Waals surface area contributed by atoms with Gasteiger partial charge < -0.3 is 15.0 Å². The van der Waals surface area contributed by atoms with Gasteiger partial charge in [0.2, 0.25) is 0 Å². The summed E-state index contributed by atoms with van der Waals surface area (Å²) in [5.74, 6) is 0.0810. The highest BCUT2D eigenvalue weighted by Crippen LogP contribution is 2.14. The zero-order valence-corrected chi connectivity index (χ0v) is 14.7. The summed E-state index contributed by atoms with van der Waals surface area (Å²) in [6.45, 7) is 2.99. The van der Waals surface area contributed by atoms with Crippen molar-refractivity contribution >= 4 is 6.03 Å². The lowest BCUT2D eigenvalue weighted by atomic mass is 10.0. The molecule has 0 spiro atoms. The first-order valence-electron chi connectivity index (χ1n) is 8.94. The molecule has 1 atom stereocenters. The number of amides is 2. The van der Waals surface area contributed by atoms with Crippen molar-refractivity contribution in [2.45, 2.75) is 25.9 Å². The van der Waals surface area contributed by atoms with Gasteiger partial charge in [-0.1, -0.05) is 12.1 Å². The van der Waals surface area contributed by atoms with Crippen molar-refractivity contribution in [1.29, 1.82) is 0 Å². The molecule has 1 N–H and O–H groups in total. The average Bonchev–Trinajstić information content (AvgIpc) is 2.69. The lowest BCUT2D eigenvalue weighted by molar-refractivity contribution is 0.0550. The third-order valence-electron chi connectivity index (χ3n) is 4.49. The number of carbonyl (C=O) groups is 1. The van der Waals surface area contributed by atoms with E-state index in [0.717, 1.165) is 30.6 Å². The fourth-order valence-corrected chi connectivity index (χ4v) is 3.03. The van der Waals surface area contributed by atoms with Gasteiger partial charge in [-0.3, -0.25) is 4.98 Å². The highest BCUT2D eigenvalue weighted by Gasteiger charge is 2.18. The Kier molecular flexibility index (Phi) is 6.55. The van der Waals surface area contributed by atoms with Gasteiger partial charge in [-0.25, -0.2) is 9.18 Å². The second-order valence-electron chi connectivity index (χ2n) is 6.61. The van der Waals surface area contributed by atoms with Gasteiger partial charge >= 0.3 is 6.03 Å². The molecule has 1 aliphatic heterocycles. The van der Waals surface area contributed by atoms with Crippen LogP contribution in [0.15, 0.2) is 48.8 Å². The van der Waals surface area contributed by atoms with Crippen LogP contribution in [-0.4, -0.2) is 35.7 Å². The average molecular weight is 357 g/mol. The first kappa shape index (κ1) is 18.3. The number of urea groups is 1. The van der Waals surface area contributed by atoms with Gasteiger partial charge in [-0.15, -0.1) is 0 Å². The number of benzene rings is 1. The number of hydrogen-bond donors (Lipinski definition) is 1. The standard InChI is InChI=1S/C20H24FN3O2/c21-19-5-3-16(4-6-19)13-24(14-17-7-9-22-10-8-17)20(25)23-12-18-2-1-11-26-15-18/h3-10,18H,1-2,11-15H2,(H,23,25)/t18-/m1/s1. The number of aromatic nitrogens is 1. The van der Waals surface area contributed by atoms with Crippen LogP contribution in [0.2, 0.25) is 0 Å². The lowest BCUT2D eigenvalue weighted by Crippen LogP contribution is -2.42. The van der Waals surface area contributed by atoms with E-state index in [1.165, 1.54) is 12.1 Å². The van der Waals surface area contributed by atoms with E-state index in [1.54, 1.807) is 29.4 Å². The molecular weight excluding hydrogens is 333 g/mol. The molecule has 2 heterocycles. The Balaban J connectivity index is 1.64. The van der Waals surface area contributed by atoms with Gasteiger partial charge in [-0.2, -0.15) is 0 Å². The number of pyridine rings is 1. The normalized spacial score (nSPS) is 16.9. The molecular formula is C20H24FN3O2. The Morgan fingerprint density at radius 1 is 1.15 bits per heavy atom. The van der Waals surface area contributed by atoms with Crippen LogP contribution in [0.1, 0.15) is 24.0 Å². The van der Waals surface area contributed by atoms with Crippen LogP contribution in [0.3, 0.4) is 0 Å². The highest BCUT2D eigenvalue weighted by atomic mass is 19.1. The third kappa shape index (κ3) is 5.52. The topological polar surface area (TPSA) is 54.5 Å². The second kappa shape index (κ2) is 9.29. The third-order valence-corrected chi connectivity index (χ3v) is 4.49. The summed E-state index contributed by atoms with van der Waals surface area (Å²) in [6.07, 6.45) is 5.53. The SMILES string of the molecule is O=C(NC[C@H]1CCCOC1)N(Cc1ccncc1)Cc1ccc(F)cc1. The van der Waals surface area contributed by atoms with Crippen LogP contribution in [0, 0.1) is 11.7 Å². The number of halogens is 1. The predicted octanol–water partition coefficient (Wildman–Crippen LogP) is 3.36. The molecule has 138 valence electrons. The van der Waals surface area contributed by atoms with E-state index in [1.807, 2.05) is 12.1 Å². The van der Waals surface area contributed by atoms with E-state index >= 15 is 0 Å². The molecule has 1 aromatic heterocycles.